The number of carbonyl (C=O) groups is 1. The van der Waals surface area contributed by atoms with Crippen molar-refractivity contribution in [2.75, 3.05) is 13.1 Å². The fraction of sp³-hybridized carbons (Fsp3) is 0.474. The third-order valence-electron chi connectivity index (χ3n) is 5.47. The molecule has 0 radical (unpaired) electrons. The van der Waals surface area contributed by atoms with E-state index in [2.05, 4.69) is 26.7 Å². The Hall–Kier alpha value is -2.90. The number of piperidine rings is 1. The van der Waals surface area contributed by atoms with Gasteiger partial charge in [0.2, 0.25) is 0 Å². The van der Waals surface area contributed by atoms with Gasteiger partial charge in [0.25, 0.3) is 5.91 Å². The first kappa shape index (κ1) is 17.5. The first-order valence-electron chi connectivity index (χ1n) is 9.34. The van der Waals surface area contributed by atoms with Gasteiger partial charge in [0.15, 0.2) is 11.5 Å². The normalized spacial score (nSPS) is 15.4. The zero-order valence-corrected chi connectivity index (χ0v) is 15.9. The maximum atomic E-state index is 12.8. The summed E-state index contributed by atoms with van der Waals surface area (Å²) < 4.78 is 9.35. The highest BCUT2D eigenvalue weighted by molar-refractivity contribution is 5.93. The Kier molecular flexibility index (Phi) is 4.55. The largest absolute Gasteiger partial charge is 0.355 e. The molecule has 0 N–H and O–H groups in total. The minimum Gasteiger partial charge on any atom is -0.355 e. The van der Waals surface area contributed by atoms with E-state index in [4.69, 9.17) is 4.52 Å². The minimum atomic E-state index is -0.0798. The first-order chi connectivity index (χ1) is 13.1. The van der Waals surface area contributed by atoms with Crippen LogP contribution in [-0.2, 0) is 13.6 Å². The van der Waals surface area contributed by atoms with Crippen LogP contribution in [0.3, 0.4) is 0 Å². The average Bonchev–Trinajstić information content (AvgIpc) is 3.42. The molecule has 142 valence electrons. The molecule has 0 saturated carbocycles. The summed E-state index contributed by atoms with van der Waals surface area (Å²) in [5, 5.41) is 8.20. The third kappa shape index (κ3) is 3.15. The van der Waals surface area contributed by atoms with Gasteiger partial charge in [-0.2, -0.15) is 5.10 Å². The zero-order valence-electron chi connectivity index (χ0n) is 15.9. The van der Waals surface area contributed by atoms with Crippen LogP contribution in [0.1, 0.15) is 47.7 Å². The van der Waals surface area contributed by atoms with Gasteiger partial charge in [-0.3, -0.25) is 9.48 Å². The molecule has 3 aromatic heterocycles. The van der Waals surface area contributed by atoms with Crippen molar-refractivity contribution < 1.29 is 9.32 Å². The Bertz CT molecular complexity index is 945. The number of imidazole rings is 1. The van der Waals surface area contributed by atoms with E-state index in [0.717, 1.165) is 36.5 Å². The monoisotopic (exact) mass is 368 g/mol. The molecule has 8 nitrogen and oxygen atoms in total. The van der Waals surface area contributed by atoms with E-state index in [-0.39, 0.29) is 5.91 Å². The second kappa shape index (κ2) is 7.02. The summed E-state index contributed by atoms with van der Waals surface area (Å²) in [5.41, 5.74) is 2.17. The molecule has 4 heterocycles. The molecule has 0 bridgehead atoms. The standard InChI is InChI=1S/C19H24N6O2/c1-4-24-10-7-20-18(24)14-5-8-25(9-6-14)19(26)16-11-17(27-22-16)15-12-21-23(3)13(15)2/h7,10-12,14H,4-6,8-9H2,1-3H3. The molecule has 0 aliphatic carbocycles. The van der Waals surface area contributed by atoms with Crippen molar-refractivity contribution in [3.63, 3.8) is 0 Å². The molecule has 0 aromatic carbocycles. The predicted molar refractivity (Wildman–Crippen MR) is 99.2 cm³/mol. The Morgan fingerprint density at radius 3 is 2.78 bits per heavy atom. The van der Waals surface area contributed by atoms with Crippen molar-refractivity contribution in [3.8, 4) is 11.3 Å². The summed E-state index contributed by atoms with van der Waals surface area (Å²) in [6, 6.07) is 1.71. The van der Waals surface area contributed by atoms with Crippen molar-refractivity contribution in [2.24, 2.45) is 7.05 Å². The second-order valence-corrected chi connectivity index (χ2v) is 6.98. The fourth-order valence-electron chi connectivity index (χ4n) is 3.69. The summed E-state index contributed by atoms with van der Waals surface area (Å²) in [6.45, 7) is 6.40. The Morgan fingerprint density at radius 2 is 2.11 bits per heavy atom. The molecule has 1 aliphatic heterocycles. The van der Waals surface area contributed by atoms with Crippen molar-refractivity contribution in [3.05, 3.63) is 41.9 Å². The van der Waals surface area contributed by atoms with Gasteiger partial charge in [-0.15, -0.1) is 0 Å². The average molecular weight is 368 g/mol. The maximum Gasteiger partial charge on any atom is 0.276 e. The molecule has 1 fully saturated rings. The summed E-state index contributed by atoms with van der Waals surface area (Å²) in [7, 11) is 1.87. The number of carbonyl (C=O) groups excluding carboxylic acids is 1. The lowest BCUT2D eigenvalue weighted by Gasteiger charge is -2.31. The Morgan fingerprint density at radius 1 is 1.33 bits per heavy atom. The lowest BCUT2D eigenvalue weighted by molar-refractivity contribution is 0.0700. The number of amides is 1. The van der Waals surface area contributed by atoms with Gasteiger partial charge in [-0.05, 0) is 26.7 Å². The van der Waals surface area contributed by atoms with E-state index in [1.807, 2.05) is 31.3 Å². The lowest BCUT2D eigenvalue weighted by Crippen LogP contribution is -2.38. The quantitative estimate of drug-likeness (QED) is 0.707. The third-order valence-corrected chi connectivity index (χ3v) is 5.47. The number of hydrogen-bond acceptors (Lipinski definition) is 5. The maximum absolute atomic E-state index is 12.8. The van der Waals surface area contributed by atoms with Crippen LogP contribution in [-0.4, -0.2) is 48.4 Å². The summed E-state index contributed by atoms with van der Waals surface area (Å²) in [6.07, 6.45) is 7.42. The fourth-order valence-corrected chi connectivity index (χ4v) is 3.69. The highest BCUT2D eigenvalue weighted by atomic mass is 16.5. The van der Waals surface area contributed by atoms with Crippen molar-refractivity contribution in [1.82, 2.24) is 29.4 Å². The van der Waals surface area contributed by atoms with Crippen LogP contribution in [0, 0.1) is 6.92 Å². The molecule has 1 aliphatic rings. The van der Waals surface area contributed by atoms with E-state index in [0.29, 0.717) is 30.5 Å². The lowest BCUT2D eigenvalue weighted by atomic mass is 9.95. The van der Waals surface area contributed by atoms with Gasteiger partial charge < -0.3 is 14.0 Å². The zero-order chi connectivity index (χ0) is 19.0. The molecule has 4 rings (SSSR count). The van der Waals surface area contributed by atoms with Crippen molar-refractivity contribution in [2.45, 2.75) is 39.2 Å². The van der Waals surface area contributed by atoms with E-state index in [1.165, 1.54) is 0 Å². The molecule has 8 heteroatoms. The predicted octanol–water partition coefficient (Wildman–Crippen LogP) is 2.62. The second-order valence-electron chi connectivity index (χ2n) is 6.98. The summed E-state index contributed by atoms with van der Waals surface area (Å²) in [4.78, 5) is 19.2. The molecule has 27 heavy (non-hydrogen) atoms. The number of rotatable bonds is 4. The van der Waals surface area contributed by atoms with Crippen LogP contribution in [0.15, 0.2) is 29.2 Å². The topological polar surface area (TPSA) is 82.0 Å². The smallest absolute Gasteiger partial charge is 0.276 e. The molecule has 1 saturated heterocycles. The van der Waals surface area contributed by atoms with E-state index < -0.39 is 0 Å². The highest BCUT2D eigenvalue weighted by Crippen LogP contribution is 2.28. The van der Waals surface area contributed by atoms with Gasteiger partial charge in [0.05, 0.1) is 11.8 Å². The van der Waals surface area contributed by atoms with Crippen LogP contribution >= 0.6 is 0 Å². The molecule has 0 atom stereocenters. The molecule has 0 unspecified atom stereocenters. The van der Waals surface area contributed by atoms with Crippen molar-refractivity contribution in [1.29, 1.82) is 0 Å². The van der Waals surface area contributed by atoms with Crippen LogP contribution in [0.25, 0.3) is 11.3 Å². The number of aryl methyl sites for hydroxylation is 2. The van der Waals surface area contributed by atoms with Crippen LogP contribution in [0.2, 0.25) is 0 Å². The molecule has 3 aromatic rings. The minimum absolute atomic E-state index is 0.0798. The van der Waals surface area contributed by atoms with Gasteiger partial charge in [-0.1, -0.05) is 5.16 Å². The molecule has 1 amide bonds. The van der Waals surface area contributed by atoms with Gasteiger partial charge >= 0.3 is 0 Å². The Labute approximate surface area is 157 Å². The van der Waals surface area contributed by atoms with Gasteiger partial charge in [0.1, 0.15) is 5.82 Å². The highest BCUT2D eigenvalue weighted by Gasteiger charge is 2.28. The summed E-state index contributed by atoms with van der Waals surface area (Å²) in [5.74, 6) is 2.02. The van der Waals surface area contributed by atoms with E-state index >= 15 is 0 Å². The SMILES string of the molecule is CCn1ccnc1C1CCN(C(=O)c2cc(-c3cnn(C)c3C)on2)CC1. The summed E-state index contributed by atoms with van der Waals surface area (Å²) >= 11 is 0. The Balaban J connectivity index is 1.43. The number of nitrogens with zero attached hydrogens (tertiary/aromatic N) is 6. The van der Waals surface area contributed by atoms with Crippen LogP contribution < -0.4 is 0 Å². The van der Waals surface area contributed by atoms with Crippen LogP contribution in [0.5, 0.6) is 0 Å². The number of likely N-dealkylation sites (tertiary alicyclic amines) is 1. The first-order valence-corrected chi connectivity index (χ1v) is 9.34. The van der Waals surface area contributed by atoms with E-state index in [1.54, 1.807) is 16.9 Å². The number of aromatic nitrogens is 5. The molecular weight excluding hydrogens is 344 g/mol. The molecule has 0 spiro atoms. The molecular formula is C19H24N6O2. The number of hydrogen-bond donors (Lipinski definition) is 0. The van der Waals surface area contributed by atoms with Gasteiger partial charge in [0, 0.05) is 56.8 Å². The van der Waals surface area contributed by atoms with Crippen LogP contribution in [0.4, 0.5) is 0 Å². The van der Waals surface area contributed by atoms with Crippen molar-refractivity contribution >= 4 is 5.91 Å². The van der Waals surface area contributed by atoms with Gasteiger partial charge in [-0.25, -0.2) is 4.98 Å². The van der Waals surface area contributed by atoms with E-state index in [9.17, 15) is 4.79 Å².